The molecule has 2 amide bonds. The zero-order valence-corrected chi connectivity index (χ0v) is 14.7. The Morgan fingerprint density at radius 3 is 2.44 bits per heavy atom. The van der Waals surface area contributed by atoms with Gasteiger partial charge >= 0.3 is 0 Å². The molecule has 1 atom stereocenters. The van der Waals surface area contributed by atoms with Crippen LogP contribution in [0, 0.1) is 19.8 Å². The number of para-hydroxylation sites is 1. The molecule has 0 radical (unpaired) electrons. The highest BCUT2D eigenvalue weighted by atomic mass is 32.1. The molecule has 1 fully saturated rings. The molecule has 6 heteroatoms. The highest BCUT2D eigenvalue weighted by Gasteiger charge is 2.38. The third-order valence-corrected chi connectivity index (χ3v) is 4.26. The number of carbonyl (C=O) groups is 2. The number of amides is 2. The van der Waals surface area contributed by atoms with Gasteiger partial charge in [-0.1, -0.05) is 35.9 Å². The van der Waals surface area contributed by atoms with Crippen LogP contribution in [0.5, 0.6) is 0 Å². The molecule has 1 heterocycles. The molecular weight excluding hydrogens is 334 g/mol. The molecule has 0 bridgehead atoms. The van der Waals surface area contributed by atoms with Crippen LogP contribution < -0.4 is 10.2 Å². The van der Waals surface area contributed by atoms with E-state index in [-0.39, 0.29) is 5.11 Å². The van der Waals surface area contributed by atoms with Crippen LogP contribution in [0.2, 0.25) is 0 Å². The van der Waals surface area contributed by atoms with Gasteiger partial charge in [-0.2, -0.15) is 0 Å². The number of aliphatic imine (C=N–C) groups is 1. The number of nitrogens with one attached hydrogen (secondary N) is 1. The first kappa shape index (κ1) is 17.0. The lowest BCUT2D eigenvalue weighted by Gasteiger charge is -2.31. The Kier molecular flexibility index (Phi) is 4.72. The second-order valence-corrected chi connectivity index (χ2v) is 6.23. The van der Waals surface area contributed by atoms with E-state index >= 15 is 0 Å². The summed E-state index contributed by atoms with van der Waals surface area (Å²) >= 11 is 5.18. The van der Waals surface area contributed by atoms with Crippen molar-refractivity contribution < 1.29 is 9.59 Å². The zero-order valence-electron chi connectivity index (χ0n) is 13.9. The molecule has 1 N–H and O–H groups in total. The summed E-state index contributed by atoms with van der Waals surface area (Å²) in [5, 5.41) is 2.66. The van der Waals surface area contributed by atoms with Gasteiger partial charge in [-0.05, 0) is 49.8 Å². The van der Waals surface area contributed by atoms with Gasteiger partial charge < -0.3 is 5.32 Å². The van der Waals surface area contributed by atoms with Crippen LogP contribution in [0.4, 0.5) is 11.4 Å². The molecule has 5 nitrogen and oxygen atoms in total. The lowest BCUT2D eigenvalue weighted by atomic mass is 10.1. The Balaban J connectivity index is 1.90. The highest BCUT2D eigenvalue weighted by Crippen LogP contribution is 2.22. The van der Waals surface area contributed by atoms with Crippen LogP contribution in [0.3, 0.4) is 0 Å². The number of anilines is 1. The van der Waals surface area contributed by atoms with Crippen molar-refractivity contribution >= 4 is 46.7 Å². The zero-order chi connectivity index (χ0) is 18.0. The normalized spacial score (nSPS) is 17.9. The van der Waals surface area contributed by atoms with Crippen LogP contribution in [0.1, 0.15) is 11.1 Å². The van der Waals surface area contributed by atoms with E-state index in [9.17, 15) is 9.59 Å². The van der Waals surface area contributed by atoms with Crippen LogP contribution in [0.15, 0.2) is 53.5 Å². The lowest BCUT2D eigenvalue weighted by Crippen LogP contribution is -2.58. The van der Waals surface area contributed by atoms with Crippen molar-refractivity contribution in [3.8, 4) is 0 Å². The molecule has 1 aliphatic heterocycles. The molecule has 1 saturated heterocycles. The number of hydrogen-bond donors (Lipinski definition) is 1. The van der Waals surface area contributed by atoms with Crippen LogP contribution >= 0.6 is 12.2 Å². The van der Waals surface area contributed by atoms with Crippen LogP contribution in [-0.2, 0) is 9.59 Å². The summed E-state index contributed by atoms with van der Waals surface area (Å²) in [6, 6.07) is 14.9. The molecular formula is C19H17N3O2S. The van der Waals surface area contributed by atoms with Gasteiger partial charge in [0.1, 0.15) is 0 Å². The number of aryl methyl sites for hydroxylation is 2. The van der Waals surface area contributed by atoms with Gasteiger partial charge in [0.25, 0.3) is 5.91 Å². The summed E-state index contributed by atoms with van der Waals surface area (Å²) in [5.41, 5.74) is 3.38. The van der Waals surface area contributed by atoms with Crippen molar-refractivity contribution in [2.45, 2.75) is 13.8 Å². The van der Waals surface area contributed by atoms with Crippen molar-refractivity contribution in [1.82, 2.24) is 5.32 Å². The third kappa shape index (κ3) is 3.49. The van der Waals surface area contributed by atoms with Gasteiger partial charge in [0.2, 0.25) is 5.91 Å². The van der Waals surface area contributed by atoms with Gasteiger partial charge in [-0.15, -0.1) is 0 Å². The smallest absolute Gasteiger partial charge is 0.251 e. The number of rotatable bonds is 3. The fourth-order valence-electron chi connectivity index (χ4n) is 2.52. The lowest BCUT2D eigenvalue weighted by molar-refractivity contribution is -0.130. The number of carbonyl (C=O) groups excluding carboxylic acids is 2. The summed E-state index contributed by atoms with van der Waals surface area (Å²) in [4.78, 5) is 30.7. The molecule has 126 valence electrons. The first-order chi connectivity index (χ1) is 12.0. The fraction of sp³-hybridized carbons (Fsp3) is 0.158. The van der Waals surface area contributed by atoms with E-state index in [1.165, 1.54) is 11.1 Å². The minimum Gasteiger partial charge on any atom is -0.301 e. The van der Waals surface area contributed by atoms with Crippen molar-refractivity contribution in [2.24, 2.45) is 10.9 Å². The van der Waals surface area contributed by atoms with Crippen molar-refractivity contribution in [2.75, 3.05) is 4.90 Å². The third-order valence-electron chi connectivity index (χ3n) is 3.97. The minimum absolute atomic E-state index is 0.0828. The number of benzene rings is 2. The molecule has 0 spiro atoms. The largest absolute Gasteiger partial charge is 0.301 e. The SMILES string of the molecule is Cc1ccc(N2C(=O)[C@@H](C=Nc3ccccc3C)C(=O)NC2=S)cc1. The topological polar surface area (TPSA) is 61.8 Å². The number of thiocarbonyl (C=S) groups is 1. The van der Waals surface area contributed by atoms with E-state index < -0.39 is 17.7 Å². The van der Waals surface area contributed by atoms with Gasteiger partial charge in [-0.25, -0.2) is 0 Å². The molecule has 0 aromatic heterocycles. The van der Waals surface area contributed by atoms with E-state index in [4.69, 9.17) is 12.2 Å². The molecule has 0 saturated carbocycles. The van der Waals surface area contributed by atoms with Crippen molar-refractivity contribution in [3.63, 3.8) is 0 Å². The van der Waals surface area contributed by atoms with E-state index in [0.29, 0.717) is 5.69 Å². The molecule has 2 aromatic rings. The number of nitrogens with zero attached hydrogens (tertiary/aromatic N) is 2. The predicted molar refractivity (Wildman–Crippen MR) is 102 cm³/mol. The summed E-state index contributed by atoms with van der Waals surface area (Å²) in [6.45, 7) is 3.88. The maximum atomic E-state index is 12.8. The highest BCUT2D eigenvalue weighted by molar-refractivity contribution is 7.80. The van der Waals surface area contributed by atoms with Crippen molar-refractivity contribution in [3.05, 3.63) is 59.7 Å². The van der Waals surface area contributed by atoms with Gasteiger partial charge in [0, 0.05) is 6.21 Å². The maximum Gasteiger partial charge on any atom is 0.251 e. The Hall–Kier alpha value is -2.86. The first-order valence-corrected chi connectivity index (χ1v) is 8.23. The molecule has 3 rings (SSSR count). The molecule has 25 heavy (non-hydrogen) atoms. The first-order valence-electron chi connectivity index (χ1n) is 7.82. The Morgan fingerprint density at radius 2 is 1.76 bits per heavy atom. The molecule has 2 aromatic carbocycles. The number of hydrogen-bond acceptors (Lipinski definition) is 4. The quantitative estimate of drug-likeness (QED) is 0.525. The summed E-state index contributed by atoms with van der Waals surface area (Å²) in [5.74, 6) is -1.89. The fourth-order valence-corrected chi connectivity index (χ4v) is 2.82. The van der Waals surface area contributed by atoms with E-state index in [0.717, 1.165) is 16.8 Å². The van der Waals surface area contributed by atoms with Crippen molar-refractivity contribution in [1.29, 1.82) is 0 Å². The summed E-state index contributed by atoms with van der Waals surface area (Å²) in [7, 11) is 0. The van der Waals surface area contributed by atoms with Crippen LogP contribution in [-0.4, -0.2) is 23.1 Å². The average molecular weight is 351 g/mol. The van der Waals surface area contributed by atoms with E-state index in [1.54, 1.807) is 12.1 Å². The van der Waals surface area contributed by atoms with Gasteiger partial charge in [-0.3, -0.25) is 19.5 Å². The monoisotopic (exact) mass is 351 g/mol. The predicted octanol–water partition coefficient (Wildman–Crippen LogP) is 3.07. The Morgan fingerprint density at radius 1 is 1.08 bits per heavy atom. The molecule has 1 aliphatic rings. The molecule has 0 aliphatic carbocycles. The van der Waals surface area contributed by atoms with E-state index in [1.807, 2.05) is 50.2 Å². The van der Waals surface area contributed by atoms with Gasteiger partial charge in [0.05, 0.1) is 11.4 Å². The summed E-state index contributed by atoms with van der Waals surface area (Å²) in [6.07, 6.45) is 1.38. The minimum atomic E-state index is -1.02. The maximum absolute atomic E-state index is 12.8. The average Bonchev–Trinajstić information content (AvgIpc) is 2.57. The summed E-state index contributed by atoms with van der Waals surface area (Å²) < 4.78 is 0. The second kappa shape index (κ2) is 6.94. The standard InChI is InChI=1S/C19H17N3O2S/c1-12-7-9-14(10-8-12)22-18(24)15(17(23)21-19(22)25)11-20-16-6-4-3-5-13(16)2/h3-11,15H,1-2H3,(H,21,23,25)/t15-/m0/s1. The van der Waals surface area contributed by atoms with E-state index in [2.05, 4.69) is 10.3 Å². The molecule has 0 unspecified atom stereocenters. The van der Waals surface area contributed by atoms with Crippen LogP contribution in [0.25, 0.3) is 0 Å². The Bertz CT molecular complexity index is 874. The van der Waals surface area contributed by atoms with Gasteiger partial charge in [0.15, 0.2) is 11.0 Å². The second-order valence-electron chi connectivity index (χ2n) is 5.85. The Labute approximate surface area is 151 Å².